The molecule has 0 spiro atoms. The Bertz CT molecular complexity index is 837. The third kappa shape index (κ3) is 3.53. The Balaban J connectivity index is 1.45. The van der Waals surface area contributed by atoms with Gasteiger partial charge in [0.25, 0.3) is 5.91 Å². The smallest absolute Gasteiger partial charge is 0.274 e. The summed E-state index contributed by atoms with van der Waals surface area (Å²) in [5.74, 6) is 2.15. The van der Waals surface area contributed by atoms with Crippen molar-refractivity contribution in [3.63, 3.8) is 0 Å². The van der Waals surface area contributed by atoms with Gasteiger partial charge in [-0.2, -0.15) is 5.10 Å². The molecule has 0 aromatic carbocycles. The molecular formula is C19H27N7O. The van der Waals surface area contributed by atoms with E-state index in [-0.39, 0.29) is 5.91 Å². The van der Waals surface area contributed by atoms with Crippen molar-refractivity contribution in [2.75, 3.05) is 37.6 Å². The van der Waals surface area contributed by atoms with Crippen LogP contribution in [0.3, 0.4) is 0 Å². The van der Waals surface area contributed by atoms with Gasteiger partial charge in [-0.1, -0.05) is 13.8 Å². The molecule has 0 unspecified atom stereocenters. The number of aryl methyl sites for hydroxylation is 1. The van der Waals surface area contributed by atoms with Crippen molar-refractivity contribution in [2.24, 2.45) is 0 Å². The van der Waals surface area contributed by atoms with Crippen LogP contribution in [0.25, 0.3) is 0 Å². The van der Waals surface area contributed by atoms with Gasteiger partial charge < -0.3 is 15.1 Å². The van der Waals surface area contributed by atoms with Crippen molar-refractivity contribution in [1.29, 1.82) is 0 Å². The van der Waals surface area contributed by atoms with Gasteiger partial charge in [-0.15, -0.1) is 0 Å². The summed E-state index contributed by atoms with van der Waals surface area (Å²) in [6, 6.07) is 2.03. The predicted octanol–water partition coefficient (Wildman–Crippen LogP) is 1.24. The Kier molecular flexibility index (Phi) is 4.82. The van der Waals surface area contributed by atoms with Crippen molar-refractivity contribution in [3.8, 4) is 0 Å². The lowest BCUT2D eigenvalue weighted by Gasteiger charge is -2.35. The van der Waals surface area contributed by atoms with Crippen LogP contribution in [0.5, 0.6) is 0 Å². The number of nitrogens with one attached hydrogen (secondary N) is 2. The van der Waals surface area contributed by atoms with E-state index in [0.717, 1.165) is 54.6 Å². The number of piperazine rings is 1. The van der Waals surface area contributed by atoms with E-state index in [1.54, 1.807) is 0 Å². The molecule has 2 aromatic rings. The average molecular weight is 369 g/mol. The molecule has 0 radical (unpaired) electrons. The Hall–Kier alpha value is -2.48. The lowest BCUT2D eigenvalue weighted by atomic mass is 10.1. The van der Waals surface area contributed by atoms with Gasteiger partial charge in [0.2, 0.25) is 0 Å². The summed E-state index contributed by atoms with van der Waals surface area (Å²) < 4.78 is 0. The highest BCUT2D eigenvalue weighted by molar-refractivity contribution is 5.94. The Morgan fingerprint density at radius 2 is 1.96 bits per heavy atom. The minimum absolute atomic E-state index is 0.0255. The number of aromatic amines is 1. The van der Waals surface area contributed by atoms with Crippen LogP contribution in [0.1, 0.15) is 53.0 Å². The molecule has 0 atom stereocenters. The van der Waals surface area contributed by atoms with Crippen molar-refractivity contribution >= 4 is 11.7 Å². The fourth-order valence-electron chi connectivity index (χ4n) is 3.69. The number of rotatable bonds is 3. The van der Waals surface area contributed by atoms with Crippen LogP contribution in [-0.4, -0.2) is 63.7 Å². The molecule has 0 saturated carbocycles. The minimum Gasteiger partial charge on any atom is -0.353 e. The molecule has 144 valence electrons. The number of hydrogen-bond donors (Lipinski definition) is 2. The number of aromatic nitrogens is 4. The molecule has 27 heavy (non-hydrogen) atoms. The van der Waals surface area contributed by atoms with Gasteiger partial charge in [0.15, 0.2) is 5.69 Å². The number of H-pyrrole nitrogens is 1. The first kappa shape index (κ1) is 17.9. The highest BCUT2D eigenvalue weighted by atomic mass is 16.2. The number of fused-ring (bicyclic) bond motifs is 1. The number of carbonyl (C=O) groups is 1. The molecule has 4 heterocycles. The Morgan fingerprint density at radius 3 is 2.70 bits per heavy atom. The van der Waals surface area contributed by atoms with Gasteiger partial charge in [-0.3, -0.25) is 9.89 Å². The standard InChI is InChI=1S/C19H27N7O/c1-12(2)18-21-13(3)10-16(22-18)25-6-8-26(9-7-25)19(27)17-14-11-20-5-4-15(14)23-24-17/h10,12,20H,4-9,11H2,1-3H3,(H,23,24). The zero-order valence-electron chi connectivity index (χ0n) is 16.2. The third-order valence-electron chi connectivity index (χ3n) is 5.27. The van der Waals surface area contributed by atoms with Gasteiger partial charge >= 0.3 is 0 Å². The Morgan fingerprint density at radius 1 is 1.19 bits per heavy atom. The van der Waals surface area contributed by atoms with Crippen LogP contribution in [0.4, 0.5) is 5.82 Å². The van der Waals surface area contributed by atoms with E-state index < -0.39 is 0 Å². The van der Waals surface area contributed by atoms with Gasteiger partial charge in [0.05, 0.1) is 0 Å². The second-order valence-corrected chi connectivity index (χ2v) is 7.62. The molecule has 2 aliphatic heterocycles. The van der Waals surface area contributed by atoms with Gasteiger partial charge in [-0.05, 0) is 6.92 Å². The first-order valence-electron chi connectivity index (χ1n) is 9.69. The molecule has 2 N–H and O–H groups in total. The molecule has 2 aromatic heterocycles. The van der Waals surface area contributed by atoms with E-state index in [4.69, 9.17) is 4.98 Å². The van der Waals surface area contributed by atoms with Gasteiger partial charge in [0, 0.05) is 74.6 Å². The monoisotopic (exact) mass is 369 g/mol. The number of anilines is 1. The van der Waals surface area contributed by atoms with Crippen LogP contribution < -0.4 is 10.2 Å². The molecule has 1 fully saturated rings. The van der Waals surface area contributed by atoms with Crippen LogP contribution in [0.15, 0.2) is 6.07 Å². The van der Waals surface area contributed by atoms with Crippen molar-refractivity contribution in [2.45, 2.75) is 39.7 Å². The largest absolute Gasteiger partial charge is 0.353 e. The van der Waals surface area contributed by atoms with Crippen LogP contribution in [-0.2, 0) is 13.0 Å². The van der Waals surface area contributed by atoms with Crippen LogP contribution in [0, 0.1) is 6.92 Å². The lowest BCUT2D eigenvalue weighted by molar-refractivity contribution is 0.0739. The maximum Gasteiger partial charge on any atom is 0.274 e. The fourth-order valence-corrected chi connectivity index (χ4v) is 3.69. The lowest BCUT2D eigenvalue weighted by Crippen LogP contribution is -2.49. The molecule has 0 aliphatic carbocycles. The summed E-state index contributed by atoms with van der Waals surface area (Å²) in [5, 5.41) is 10.7. The van der Waals surface area contributed by atoms with Gasteiger partial charge in [-0.25, -0.2) is 9.97 Å². The number of nitrogens with zero attached hydrogens (tertiary/aromatic N) is 5. The first-order valence-corrected chi connectivity index (χ1v) is 9.69. The highest BCUT2D eigenvalue weighted by Gasteiger charge is 2.28. The molecule has 1 amide bonds. The van der Waals surface area contributed by atoms with E-state index >= 15 is 0 Å². The van der Waals surface area contributed by atoms with Crippen LogP contribution in [0.2, 0.25) is 0 Å². The second-order valence-electron chi connectivity index (χ2n) is 7.62. The van der Waals surface area contributed by atoms with Crippen molar-refractivity contribution in [3.05, 3.63) is 34.5 Å². The van der Waals surface area contributed by atoms with Crippen LogP contribution >= 0.6 is 0 Å². The molecule has 8 heteroatoms. The number of hydrogen-bond acceptors (Lipinski definition) is 6. The van der Waals surface area contributed by atoms with Gasteiger partial charge in [0.1, 0.15) is 11.6 Å². The number of amides is 1. The SMILES string of the molecule is Cc1cc(N2CCN(C(=O)c3n[nH]c4c3CNCC4)CC2)nc(C(C)C)n1. The second kappa shape index (κ2) is 7.26. The minimum atomic E-state index is 0.0255. The summed E-state index contributed by atoms with van der Waals surface area (Å²) in [4.78, 5) is 26.3. The molecule has 4 rings (SSSR count). The third-order valence-corrected chi connectivity index (χ3v) is 5.27. The van der Waals surface area contributed by atoms with E-state index in [9.17, 15) is 4.79 Å². The Labute approximate surface area is 159 Å². The maximum atomic E-state index is 12.9. The maximum absolute atomic E-state index is 12.9. The molecule has 1 saturated heterocycles. The molecule has 2 aliphatic rings. The fraction of sp³-hybridized carbons (Fsp3) is 0.579. The number of carbonyl (C=O) groups excluding carboxylic acids is 1. The van der Waals surface area contributed by atoms with E-state index in [1.165, 1.54) is 0 Å². The van der Waals surface area contributed by atoms with Crippen molar-refractivity contribution < 1.29 is 4.79 Å². The molecular weight excluding hydrogens is 342 g/mol. The van der Waals surface area contributed by atoms with E-state index in [1.807, 2.05) is 17.9 Å². The summed E-state index contributed by atoms with van der Waals surface area (Å²) >= 11 is 0. The quantitative estimate of drug-likeness (QED) is 0.846. The first-order chi connectivity index (χ1) is 13.0. The summed E-state index contributed by atoms with van der Waals surface area (Å²) in [7, 11) is 0. The zero-order valence-corrected chi connectivity index (χ0v) is 16.2. The topological polar surface area (TPSA) is 90.0 Å². The predicted molar refractivity (Wildman–Crippen MR) is 103 cm³/mol. The van der Waals surface area contributed by atoms with Crippen molar-refractivity contribution in [1.82, 2.24) is 30.4 Å². The average Bonchev–Trinajstić information content (AvgIpc) is 3.11. The normalized spacial score (nSPS) is 17.3. The zero-order chi connectivity index (χ0) is 19.0. The highest BCUT2D eigenvalue weighted by Crippen LogP contribution is 2.21. The molecule has 0 bridgehead atoms. The van der Waals surface area contributed by atoms with E-state index in [0.29, 0.717) is 31.2 Å². The molecule has 8 nitrogen and oxygen atoms in total. The summed E-state index contributed by atoms with van der Waals surface area (Å²) in [5.41, 5.74) is 3.68. The summed E-state index contributed by atoms with van der Waals surface area (Å²) in [6.45, 7) is 10.7. The summed E-state index contributed by atoms with van der Waals surface area (Å²) in [6.07, 6.45) is 0.897. The van der Waals surface area contributed by atoms with E-state index in [2.05, 4.69) is 39.2 Å².